The quantitative estimate of drug-likeness (QED) is 0.840. The van der Waals surface area contributed by atoms with Crippen LogP contribution in [0.15, 0.2) is 30.3 Å². The molecule has 1 aromatic rings. The summed E-state index contributed by atoms with van der Waals surface area (Å²) in [7, 11) is 0. The molecule has 2 rings (SSSR count). The largest absolute Gasteiger partial charge is 0.389 e. The van der Waals surface area contributed by atoms with Crippen LogP contribution in [-0.4, -0.2) is 40.8 Å². The van der Waals surface area contributed by atoms with Crippen LogP contribution in [0, 0.1) is 0 Å². The third-order valence-electron chi connectivity index (χ3n) is 4.10. The van der Waals surface area contributed by atoms with Gasteiger partial charge in [-0.3, -0.25) is 4.79 Å². The first-order valence-electron chi connectivity index (χ1n) is 8.60. The lowest BCUT2D eigenvalue weighted by Crippen LogP contribution is -2.42. The number of nitrogens with zero attached hydrogens (tertiary/aromatic N) is 1. The molecule has 4 heteroatoms. The first-order chi connectivity index (χ1) is 10.9. The molecular weight excluding hydrogens is 290 g/mol. The van der Waals surface area contributed by atoms with E-state index in [1.807, 2.05) is 30.3 Å². The number of ether oxygens (including phenoxy) is 1. The lowest BCUT2D eigenvalue weighted by Gasteiger charge is -2.30. The van der Waals surface area contributed by atoms with Gasteiger partial charge in [0.05, 0.1) is 11.7 Å². The molecule has 0 aromatic heterocycles. The van der Waals surface area contributed by atoms with Crippen molar-refractivity contribution in [2.24, 2.45) is 0 Å². The zero-order valence-electron chi connectivity index (χ0n) is 14.3. The van der Waals surface area contributed by atoms with Gasteiger partial charge in [-0.15, -0.1) is 0 Å². The van der Waals surface area contributed by atoms with E-state index in [9.17, 15) is 9.90 Å². The fourth-order valence-electron chi connectivity index (χ4n) is 2.98. The van der Waals surface area contributed by atoms with Crippen LogP contribution in [0.4, 0.5) is 0 Å². The number of rotatable bonds is 7. The number of hydrogen-bond acceptors (Lipinski definition) is 3. The molecular formula is C19H29NO3. The molecule has 1 unspecified atom stereocenters. The summed E-state index contributed by atoms with van der Waals surface area (Å²) in [6.45, 7) is 5.17. The Morgan fingerprint density at radius 1 is 1.30 bits per heavy atom. The van der Waals surface area contributed by atoms with E-state index >= 15 is 0 Å². The minimum absolute atomic E-state index is 0.0881. The van der Waals surface area contributed by atoms with Gasteiger partial charge in [-0.2, -0.15) is 0 Å². The van der Waals surface area contributed by atoms with Crippen LogP contribution < -0.4 is 0 Å². The minimum Gasteiger partial charge on any atom is -0.389 e. The summed E-state index contributed by atoms with van der Waals surface area (Å²) in [5, 5.41) is 10.1. The highest BCUT2D eigenvalue weighted by Gasteiger charge is 2.24. The van der Waals surface area contributed by atoms with Crippen LogP contribution in [0.5, 0.6) is 0 Å². The van der Waals surface area contributed by atoms with Crippen molar-refractivity contribution in [1.82, 2.24) is 4.90 Å². The third kappa shape index (κ3) is 6.71. The van der Waals surface area contributed by atoms with Gasteiger partial charge in [0, 0.05) is 26.1 Å². The number of amides is 1. The Balaban J connectivity index is 1.93. The molecule has 1 fully saturated rings. The van der Waals surface area contributed by atoms with Crippen LogP contribution in [0.25, 0.3) is 0 Å². The second-order valence-electron chi connectivity index (χ2n) is 7.08. The van der Waals surface area contributed by atoms with Crippen molar-refractivity contribution in [2.75, 3.05) is 13.2 Å². The molecule has 1 aromatic carbocycles. The van der Waals surface area contributed by atoms with E-state index in [1.54, 1.807) is 18.7 Å². The number of aliphatic hydroxyl groups is 1. The Labute approximate surface area is 139 Å². The molecule has 23 heavy (non-hydrogen) atoms. The summed E-state index contributed by atoms with van der Waals surface area (Å²) in [5.41, 5.74) is 0.185. The average Bonchev–Trinajstić information content (AvgIpc) is 2.53. The van der Waals surface area contributed by atoms with Crippen LogP contribution in [-0.2, 0) is 16.1 Å². The van der Waals surface area contributed by atoms with Crippen molar-refractivity contribution in [1.29, 1.82) is 0 Å². The Kier molecular flexibility index (Phi) is 6.60. The molecule has 1 N–H and O–H groups in total. The molecule has 0 saturated carbocycles. The topological polar surface area (TPSA) is 49.8 Å². The highest BCUT2D eigenvalue weighted by atomic mass is 16.5. The zero-order chi connectivity index (χ0) is 16.7. The zero-order valence-corrected chi connectivity index (χ0v) is 14.3. The Morgan fingerprint density at radius 3 is 2.65 bits per heavy atom. The molecule has 1 amide bonds. The van der Waals surface area contributed by atoms with Crippen molar-refractivity contribution in [3.63, 3.8) is 0 Å². The van der Waals surface area contributed by atoms with Crippen LogP contribution in [0.2, 0.25) is 0 Å². The summed E-state index contributed by atoms with van der Waals surface area (Å²) in [6, 6.07) is 9.92. The molecule has 1 aliphatic rings. The van der Waals surface area contributed by atoms with E-state index in [0.29, 0.717) is 19.5 Å². The SMILES string of the molecule is CC(C)(O)CN(Cc1ccccc1)C(=O)CCC1CCCCO1. The lowest BCUT2D eigenvalue weighted by molar-refractivity contribution is -0.136. The van der Waals surface area contributed by atoms with E-state index < -0.39 is 5.60 Å². The average molecular weight is 319 g/mol. The first-order valence-corrected chi connectivity index (χ1v) is 8.60. The van der Waals surface area contributed by atoms with Crippen molar-refractivity contribution in [3.05, 3.63) is 35.9 Å². The standard InChI is InChI=1S/C19H29NO3/c1-19(2,22)15-20(14-16-8-4-3-5-9-16)18(21)12-11-17-10-6-7-13-23-17/h3-5,8-9,17,22H,6-7,10-15H2,1-2H3. The van der Waals surface area contributed by atoms with Crippen molar-refractivity contribution in [2.45, 2.75) is 64.2 Å². The normalized spacial score (nSPS) is 18.7. The first kappa shape index (κ1) is 18.0. The number of benzene rings is 1. The summed E-state index contributed by atoms with van der Waals surface area (Å²) in [6.07, 6.45) is 4.84. The Bertz CT molecular complexity index is 475. The van der Waals surface area contributed by atoms with E-state index in [4.69, 9.17) is 4.74 Å². The monoisotopic (exact) mass is 319 g/mol. The minimum atomic E-state index is -0.897. The lowest BCUT2D eigenvalue weighted by atomic mass is 10.0. The number of carbonyl (C=O) groups excluding carboxylic acids is 1. The van der Waals surface area contributed by atoms with Crippen LogP contribution >= 0.6 is 0 Å². The van der Waals surface area contributed by atoms with E-state index in [2.05, 4.69) is 0 Å². The van der Waals surface area contributed by atoms with Gasteiger partial charge in [0.15, 0.2) is 0 Å². The van der Waals surface area contributed by atoms with Gasteiger partial charge >= 0.3 is 0 Å². The maximum Gasteiger partial charge on any atom is 0.223 e. The molecule has 1 atom stereocenters. The summed E-state index contributed by atoms with van der Waals surface area (Å²) < 4.78 is 5.71. The smallest absolute Gasteiger partial charge is 0.223 e. The number of carbonyl (C=O) groups is 1. The Morgan fingerprint density at radius 2 is 2.04 bits per heavy atom. The number of hydrogen-bond donors (Lipinski definition) is 1. The summed E-state index contributed by atoms with van der Waals surface area (Å²) >= 11 is 0. The van der Waals surface area contributed by atoms with Gasteiger partial charge in [-0.05, 0) is 45.1 Å². The second kappa shape index (κ2) is 8.46. The third-order valence-corrected chi connectivity index (χ3v) is 4.10. The molecule has 128 valence electrons. The summed E-state index contributed by atoms with van der Waals surface area (Å²) in [5.74, 6) is 0.0881. The molecule has 0 spiro atoms. The molecule has 1 saturated heterocycles. The molecule has 4 nitrogen and oxygen atoms in total. The molecule has 0 aliphatic carbocycles. The van der Waals surface area contributed by atoms with E-state index in [1.165, 1.54) is 6.42 Å². The molecule has 0 radical (unpaired) electrons. The molecule has 1 aliphatic heterocycles. The van der Waals surface area contributed by atoms with Gasteiger partial charge in [0.2, 0.25) is 5.91 Å². The summed E-state index contributed by atoms with van der Waals surface area (Å²) in [4.78, 5) is 14.4. The van der Waals surface area contributed by atoms with Crippen LogP contribution in [0.3, 0.4) is 0 Å². The predicted octanol–water partition coefficient (Wildman–Crippen LogP) is 3.14. The van der Waals surface area contributed by atoms with Gasteiger partial charge in [0.1, 0.15) is 0 Å². The van der Waals surface area contributed by atoms with Gasteiger partial charge in [-0.25, -0.2) is 0 Å². The van der Waals surface area contributed by atoms with Crippen LogP contribution in [0.1, 0.15) is 51.5 Å². The maximum atomic E-state index is 12.6. The fraction of sp³-hybridized carbons (Fsp3) is 0.632. The van der Waals surface area contributed by atoms with Gasteiger partial charge < -0.3 is 14.7 Å². The van der Waals surface area contributed by atoms with Crippen molar-refractivity contribution < 1.29 is 14.6 Å². The van der Waals surface area contributed by atoms with E-state index in [-0.39, 0.29) is 12.0 Å². The second-order valence-corrected chi connectivity index (χ2v) is 7.08. The van der Waals surface area contributed by atoms with Gasteiger partial charge in [-0.1, -0.05) is 30.3 Å². The maximum absolute atomic E-state index is 12.6. The Hall–Kier alpha value is -1.39. The highest BCUT2D eigenvalue weighted by molar-refractivity contribution is 5.76. The van der Waals surface area contributed by atoms with Crippen molar-refractivity contribution in [3.8, 4) is 0 Å². The van der Waals surface area contributed by atoms with Gasteiger partial charge in [0.25, 0.3) is 0 Å². The molecule has 1 heterocycles. The predicted molar refractivity (Wildman–Crippen MR) is 91.0 cm³/mol. The highest BCUT2D eigenvalue weighted by Crippen LogP contribution is 2.19. The van der Waals surface area contributed by atoms with Crippen molar-refractivity contribution >= 4 is 5.91 Å². The fourth-order valence-corrected chi connectivity index (χ4v) is 2.98. The molecule has 0 bridgehead atoms. The van der Waals surface area contributed by atoms with E-state index in [0.717, 1.165) is 31.4 Å².